The molecule has 1 rings (SSSR count). The molecule has 0 unspecified atom stereocenters. The number of aliphatic hydroxyl groups is 1. The van der Waals surface area contributed by atoms with Crippen LogP contribution in [-0.2, 0) is 25.1 Å². The number of carbonyl (C=O) groups is 2. The van der Waals surface area contributed by atoms with Crippen LogP contribution in [0.1, 0.15) is 6.42 Å². The quantitative estimate of drug-likeness (QED) is 0.682. The van der Waals surface area contributed by atoms with Gasteiger partial charge in [-0.15, -0.1) is 0 Å². The molecule has 0 aliphatic heterocycles. The topological polar surface area (TPSA) is 92.7 Å². The predicted octanol–water partition coefficient (Wildman–Crippen LogP) is -0.166. The molecule has 7 heteroatoms. The molecule has 0 radical (unpaired) electrons. The molecule has 110 valence electrons. The molecule has 1 amide bonds. The second-order valence-electron chi connectivity index (χ2n) is 3.95. The van der Waals surface area contributed by atoms with Crippen molar-refractivity contribution in [3.8, 4) is 0 Å². The summed E-state index contributed by atoms with van der Waals surface area (Å²) in [6, 6.07) is 7.93. The Morgan fingerprint density at radius 3 is 2.55 bits per heavy atom. The molecule has 1 aromatic carbocycles. The molecule has 0 aliphatic rings. The Bertz CT molecular complexity index is 477. The summed E-state index contributed by atoms with van der Waals surface area (Å²) in [4.78, 5) is 23.3. The molecular weight excluding hydrogens is 282 g/mol. The highest BCUT2D eigenvalue weighted by molar-refractivity contribution is 7.85. The van der Waals surface area contributed by atoms with Crippen LogP contribution < -0.4 is 5.32 Å². The van der Waals surface area contributed by atoms with Gasteiger partial charge in [-0.25, -0.2) is 4.79 Å². The van der Waals surface area contributed by atoms with E-state index in [1.807, 2.05) is 6.07 Å². The maximum atomic E-state index is 12.0. The molecule has 2 atom stereocenters. The van der Waals surface area contributed by atoms with Crippen molar-refractivity contribution in [1.82, 2.24) is 5.32 Å². The number of esters is 1. The van der Waals surface area contributed by atoms with Crippen molar-refractivity contribution >= 4 is 22.7 Å². The number of amides is 1. The third kappa shape index (κ3) is 5.10. The number of carbonyl (C=O) groups excluding carboxylic acids is 2. The van der Waals surface area contributed by atoms with Crippen molar-refractivity contribution in [3.63, 3.8) is 0 Å². The van der Waals surface area contributed by atoms with Gasteiger partial charge in [0, 0.05) is 10.6 Å². The summed E-state index contributed by atoms with van der Waals surface area (Å²) in [5.74, 6) is -1.10. The van der Waals surface area contributed by atoms with Gasteiger partial charge in [0.1, 0.15) is 12.6 Å². The molecule has 0 saturated heterocycles. The van der Waals surface area contributed by atoms with Crippen LogP contribution in [0.25, 0.3) is 0 Å². The van der Waals surface area contributed by atoms with E-state index in [9.17, 15) is 13.8 Å². The Labute approximate surface area is 119 Å². The molecule has 0 fully saturated rings. The molecule has 20 heavy (non-hydrogen) atoms. The van der Waals surface area contributed by atoms with Crippen LogP contribution in [0.5, 0.6) is 0 Å². The lowest BCUT2D eigenvalue weighted by Gasteiger charge is -2.15. The smallest absolute Gasteiger partial charge is 0.328 e. The first-order valence-electron chi connectivity index (χ1n) is 6.00. The second kappa shape index (κ2) is 8.44. The van der Waals surface area contributed by atoms with Crippen LogP contribution >= 0.6 is 0 Å². The van der Waals surface area contributed by atoms with Crippen LogP contribution in [0.3, 0.4) is 0 Å². The number of methoxy groups -OCH3 is 1. The zero-order chi connectivity index (χ0) is 15.0. The highest BCUT2D eigenvalue weighted by Gasteiger charge is 2.22. The first kappa shape index (κ1) is 16.3. The molecule has 0 spiro atoms. The fraction of sp³-hybridized carbons (Fsp3) is 0.385. The average Bonchev–Trinajstić information content (AvgIpc) is 2.50. The third-order valence-electron chi connectivity index (χ3n) is 2.56. The van der Waals surface area contributed by atoms with Gasteiger partial charge < -0.3 is 15.2 Å². The molecule has 0 aromatic heterocycles. The minimum atomic E-state index is -1.26. The third-order valence-corrected chi connectivity index (χ3v) is 3.97. The number of ether oxygens (including phenoxy) is 1. The molecule has 0 saturated carbocycles. The molecule has 0 aliphatic carbocycles. The van der Waals surface area contributed by atoms with Gasteiger partial charge in [0.2, 0.25) is 5.91 Å². The lowest BCUT2D eigenvalue weighted by molar-refractivity contribution is -0.145. The summed E-state index contributed by atoms with van der Waals surface area (Å²) in [6.07, 6.45) is 0.167. The van der Waals surface area contributed by atoms with E-state index in [0.717, 1.165) is 0 Å². The van der Waals surface area contributed by atoms with Crippen LogP contribution in [0, 0.1) is 0 Å². The Hall–Kier alpha value is -1.73. The summed E-state index contributed by atoms with van der Waals surface area (Å²) >= 11 is 0. The fourth-order valence-electron chi connectivity index (χ4n) is 1.55. The lowest BCUT2D eigenvalue weighted by atomic mass is 10.2. The van der Waals surface area contributed by atoms with Crippen LogP contribution in [0.15, 0.2) is 35.2 Å². The zero-order valence-electron chi connectivity index (χ0n) is 11.1. The van der Waals surface area contributed by atoms with Gasteiger partial charge in [-0.3, -0.25) is 9.00 Å². The first-order chi connectivity index (χ1) is 9.58. The number of hydrogen-bond acceptors (Lipinski definition) is 5. The van der Waals surface area contributed by atoms with Gasteiger partial charge in [-0.1, -0.05) is 18.2 Å². The zero-order valence-corrected chi connectivity index (χ0v) is 11.9. The van der Waals surface area contributed by atoms with Gasteiger partial charge in [0.15, 0.2) is 0 Å². The van der Waals surface area contributed by atoms with E-state index in [0.29, 0.717) is 4.90 Å². The van der Waals surface area contributed by atoms with Crippen molar-refractivity contribution < 1.29 is 23.6 Å². The van der Waals surface area contributed by atoms with Gasteiger partial charge in [-0.2, -0.15) is 0 Å². The highest BCUT2D eigenvalue weighted by atomic mass is 32.2. The van der Waals surface area contributed by atoms with Crippen LogP contribution in [0.2, 0.25) is 0 Å². The van der Waals surface area contributed by atoms with Crippen LogP contribution in [0.4, 0.5) is 0 Å². The number of benzene rings is 1. The van der Waals surface area contributed by atoms with Crippen molar-refractivity contribution in [1.29, 1.82) is 0 Å². The van der Waals surface area contributed by atoms with E-state index in [2.05, 4.69) is 10.1 Å². The SMILES string of the molecule is COC(=O)[C@H](CC[S@@](=O)c1ccccc1)NC(=O)CO. The number of aliphatic hydroxyl groups excluding tert-OH is 1. The van der Waals surface area contributed by atoms with Gasteiger partial charge in [-0.05, 0) is 18.6 Å². The number of nitrogens with one attached hydrogen (secondary N) is 1. The fourth-order valence-corrected chi connectivity index (χ4v) is 2.69. The van der Waals surface area contributed by atoms with Gasteiger partial charge in [0.25, 0.3) is 0 Å². The summed E-state index contributed by atoms with van der Waals surface area (Å²) < 4.78 is 16.6. The van der Waals surface area contributed by atoms with Crippen molar-refractivity contribution in [2.24, 2.45) is 0 Å². The van der Waals surface area contributed by atoms with E-state index in [1.165, 1.54) is 7.11 Å². The summed E-state index contributed by atoms with van der Waals surface area (Å²) in [6.45, 7) is -0.713. The summed E-state index contributed by atoms with van der Waals surface area (Å²) in [7, 11) is -0.0579. The largest absolute Gasteiger partial charge is 0.467 e. The molecule has 1 aromatic rings. The van der Waals surface area contributed by atoms with E-state index in [1.54, 1.807) is 24.3 Å². The maximum Gasteiger partial charge on any atom is 0.328 e. The number of hydrogen-bond donors (Lipinski definition) is 2. The van der Waals surface area contributed by atoms with E-state index in [-0.39, 0.29) is 12.2 Å². The first-order valence-corrected chi connectivity index (χ1v) is 7.32. The monoisotopic (exact) mass is 299 g/mol. The lowest BCUT2D eigenvalue weighted by Crippen LogP contribution is -2.43. The second-order valence-corrected chi connectivity index (χ2v) is 5.52. The van der Waals surface area contributed by atoms with E-state index in [4.69, 9.17) is 5.11 Å². The van der Waals surface area contributed by atoms with Gasteiger partial charge >= 0.3 is 5.97 Å². The molecule has 6 nitrogen and oxygen atoms in total. The molecule has 0 heterocycles. The van der Waals surface area contributed by atoms with Crippen molar-refractivity contribution in [3.05, 3.63) is 30.3 Å². The van der Waals surface area contributed by atoms with Gasteiger partial charge in [0.05, 0.1) is 17.9 Å². The number of rotatable bonds is 7. The predicted molar refractivity (Wildman–Crippen MR) is 73.4 cm³/mol. The Morgan fingerprint density at radius 1 is 1.35 bits per heavy atom. The highest BCUT2D eigenvalue weighted by Crippen LogP contribution is 2.08. The van der Waals surface area contributed by atoms with E-state index >= 15 is 0 Å². The average molecular weight is 299 g/mol. The van der Waals surface area contributed by atoms with Crippen molar-refractivity contribution in [2.75, 3.05) is 19.5 Å². The Balaban J connectivity index is 2.60. The minimum Gasteiger partial charge on any atom is -0.467 e. The molecule has 2 N–H and O–H groups in total. The summed E-state index contributed by atoms with van der Waals surface area (Å²) in [5, 5.41) is 11.0. The van der Waals surface area contributed by atoms with Crippen molar-refractivity contribution in [2.45, 2.75) is 17.4 Å². The maximum absolute atomic E-state index is 12.0. The molecule has 0 bridgehead atoms. The minimum absolute atomic E-state index is 0.167. The Kier molecular flexibility index (Phi) is 6.89. The molecular formula is C13H17NO5S. The Morgan fingerprint density at radius 2 is 2.00 bits per heavy atom. The van der Waals surface area contributed by atoms with E-state index < -0.39 is 35.3 Å². The summed E-state index contributed by atoms with van der Waals surface area (Å²) in [5.41, 5.74) is 0. The van der Waals surface area contributed by atoms with Crippen LogP contribution in [-0.4, -0.2) is 46.7 Å². The standard InChI is InChI=1S/C13H17NO5S/c1-19-13(17)11(14-12(16)9-15)7-8-20(18)10-5-3-2-4-6-10/h2-6,11,15H,7-9H2,1H3,(H,14,16)/t11-,20+/m0/s1. The normalized spacial score (nSPS) is 13.3.